The van der Waals surface area contributed by atoms with Gasteiger partial charge in [0, 0.05) is 12.6 Å². The number of nitrogens with zero attached hydrogens (tertiary/aromatic N) is 2. The molecule has 1 aromatic carbocycles. The normalized spacial score (nSPS) is 10.6. The Morgan fingerprint density at radius 1 is 1.39 bits per heavy atom. The quantitative estimate of drug-likeness (QED) is 0.875. The van der Waals surface area contributed by atoms with Crippen LogP contribution in [0.2, 0.25) is 5.02 Å². The Hall–Kier alpha value is -2.01. The van der Waals surface area contributed by atoms with E-state index in [1.54, 1.807) is 26.1 Å². The summed E-state index contributed by atoms with van der Waals surface area (Å²) in [6.45, 7) is 1.72. The summed E-state index contributed by atoms with van der Waals surface area (Å²) in [4.78, 5) is 10.8. The third-order valence-corrected chi connectivity index (χ3v) is 2.94. The van der Waals surface area contributed by atoms with E-state index in [-0.39, 0.29) is 16.5 Å². The number of benzene rings is 1. The molecular formula is C12H11ClN2O3. The number of hydrogen-bond acceptors (Lipinski definition) is 3. The Bertz CT molecular complexity index is 611. The maximum absolute atomic E-state index is 10.8. The fourth-order valence-electron chi connectivity index (χ4n) is 1.73. The summed E-state index contributed by atoms with van der Waals surface area (Å²) in [6, 6.07) is 4.76. The number of hydrogen-bond donors (Lipinski definition) is 2. The van der Waals surface area contributed by atoms with Crippen LogP contribution in [0.5, 0.6) is 5.75 Å². The third kappa shape index (κ3) is 2.04. The number of carboxylic acid groups (broad SMARTS) is 1. The lowest BCUT2D eigenvalue weighted by Gasteiger charge is -2.06. The summed E-state index contributed by atoms with van der Waals surface area (Å²) in [5.41, 5.74) is 1.92. The van der Waals surface area contributed by atoms with Crippen LogP contribution < -0.4 is 0 Å². The molecular weight excluding hydrogens is 256 g/mol. The highest BCUT2D eigenvalue weighted by atomic mass is 35.5. The van der Waals surface area contributed by atoms with Crippen LogP contribution in [0.1, 0.15) is 16.1 Å². The van der Waals surface area contributed by atoms with Crippen molar-refractivity contribution in [2.45, 2.75) is 6.92 Å². The fraction of sp³-hybridized carbons (Fsp3) is 0.167. The highest BCUT2D eigenvalue weighted by Gasteiger charge is 2.14. The highest BCUT2D eigenvalue weighted by molar-refractivity contribution is 6.32. The highest BCUT2D eigenvalue weighted by Crippen LogP contribution is 2.32. The Kier molecular flexibility index (Phi) is 3.00. The molecule has 2 rings (SSSR count). The summed E-state index contributed by atoms with van der Waals surface area (Å²) in [5, 5.41) is 22.6. The smallest absolute Gasteiger partial charge is 0.356 e. The third-order valence-electron chi connectivity index (χ3n) is 2.65. The fourth-order valence-corrected chi connectivity index (χ4v) is 1.99. The number of aromatic hydroxyl groups is 1. The van der Waals surface area contributed by atoms with Gasteiger partial charge in [-0.3, -0.25) is 4.68 Å². The van der Waals surface area contributed by atoms with Gasteiger partial charge in [0.2, 0.25) is 0 Å². The molecule has 0 bridgehead atoms. The maximum atomic E-state index is 10.8. The maximum Gasteiger partial charge on any atom is 0.356 e. The molecule has 0 amide bonds. The zero-order valence-electron chi connectivity index (χ0n) is 9.81. The van der Waals surface area contributed by atoms with E-state index in [1.807, 2.05) is 0 Å². The van der Waals surface area contributed by atoms with Crippen molar-refractivity contribution in [3.05, 3.63) is 34.5 Å². The van der Waals surface area contributed by atoms with Gasteiger partial charge >= 0.3 is 5.97 Å². The van der Waals surface area contributed by atoms with E-state index < -0.39 is 5.97 Å². The molecule has 0 saturated heterocycles. The number of aromatic carboxylic acids is 1. The molecule has 0 atom stereocenters. The molecule has 0 spiro atoms. The molecule has 18 heavy (non-hydrogen) atoms. The van der Waals surface area contributed by atoms with Crippen molar-refractivity contribution in [2.24, 2.45) is 7.05 Å². The van der Waals surface area contributed by atoms with Gasteiger partial charge in [-0.1, -0.05) is 11.6 Å². The minimum atomic E-state index is -1.08. The SMILES string of the molecule is Cc1cc(-c2cc(C(=O)O)nn2C)cc(Cl)c1O. The van der Waals surface area contributed by atoms with E-state index in [0.29, 0.717) is 16.8 Å². The lowest BCUT2D eigenvalue weighted by molar-refractivity contribution is 0.0689. The predicted molar refractivity (Wildman–Crippen MR) is 67.0 cm³/mol. The van der Waals surface area contributed by atoms with Crippen LogP contribution in [0.25, 0.3) is 11.3 Å². The first-order chi connectivity index (χ1) is 8.40. The molecule has 94 valence electrons. The van der Waals surface area contributed by atoms with E-state index >= 15 is 0 Å². The van der Waals surface area contributed by atoms with Crippen LogP contribution in [0.3, 0.4) is 0 Å². The predicted octanol–water partition coefficient (Wildman–Crippen LogP) is 2.45. The largest absolute Gasteiger partial charge is 0.506 e. The molecule has 1 heterocycles. The molecule has 0 aliphatic heterocycles. The second-order valence-corrected chi connectivity index (χ2v) is 4.37. The summed E-state index contributed by atoms with van der Waals surface area (Å²) in [5.74, 6) is -1.06. The molecule has 2 aromatic rings. The lowest BCUT2D eigenvalue weighted by atomic mass is 10.1. The standard InChI is InChI=1S/C12H11ClN2O3/c1-6-3-7(4-8(13)11(6)16)10-5-9(12(17)18)14-15(10)2/h3-5,16H,1-2H3,(H,17,18). The molecule has 5 nitrogen and oxygen atoms in total. The van der Waals surface area contributed by atoms with Gasteiger partial charge in [0.1, 0.15) is 5.75 Å². The van der Waals surface area contributed by atoms with Crippen molar-refractivity contribution in [1.82, 2.24) is 9.78 Å². The van der Waals surface area contributed by atoms with Crippen molar-refractivity contribution < 1.29 is 15.0 Å². The Morgan fingerprint density at radius 2 is 2.06 bits per heavy atom. The van der Waals surface area contributed by atoms with E-state index in [4.69, 9.17) is 16.7 Å². The minimum Gasteiger partial charge on any atom is -0.506 e. The Balaban J connectivity index is 2.58. The monoisotopic (exact) mass is 266 g/mol. The number of phenols is 1. The average molecular weight is 267 g/mol. The van der Waals surface area contributed by atoms with Gasteiger partial charge in [0.05, 0.1) is 10.7 Å². The molecule has 0 radical (unpaired) electrons. The number of halogens is 1. The summed E-state index contributed by atoms with van der Waals surface area (Å²) in [7, 11) is 1.65. The molecule has 1 aromatic heterocycles. The van der Waals surface area contributed by atoms with Crippen LogP contribution in [-0.2, 0) is 7.05 Å². The van der Waals surface area contributed by atoms with Crippen LogP contribution in [0.15, 0.2) is 18.2 Å². The number of carboxylic acids is 1. The van der Waals surface area contributed by atoms with Crippen LogP contribution >= 0.6 is 11.6 Å². The van der Waals surface area contributed by atoms with E-state index in [2.05, 4.69) is 5.10 Å². The van der Waals surface area contributed by atoms with Crippen molar-refractivity contribution in [3.8, 4) is 17.0 Å². The first kappa shape index (κ1) is 12.4. The first-order valence-electron chi connectivity index (χ1n) is 5.17. The Morgan fingerprint density at radius 3 is 2.56 bits per heavy atom. The van der Waals surface area contributed by atoms with Gasteiger partial charge in [0.15, 0.2) is 5.69 Å². The number of phenolic OH excluding ortho intramolecular Hbond substituents is 1. The van der Waals surface area contributed by atoms with Crippen LogP contribution in [-0.4, -0.2) is 26.0 Å². The van der Waals surface area contributed by atoms with E-state index in [1.165, 1.54) is 10.7 Å². The molecule has 0 unspecified atom stereocenters. The van der Waals surface area contributed by atoms with Gasteiger partial charge in [-0.25, -0.2) is 4.79 Å². The second kappa shape index (κ2) is 4.34. The number of aryl methyl sites for hydroxylation is 2. The van der Waals surface area contributed by atoms with Gasteiger partial charge < -0.3 is 10.2 Å². The van der Waals surface area contributed by atoms with Crippen molar-refractivity contribution >= 4 is 17.6 Å². The summed E-state index contributed by atoms with van der Waals surface area (Å²) >= 11 is 5.89. The lowest BCUT2D eigenvalue weighted by Crippen LogP contribution is -1.99. The van der Waals surface area contributed by atoms with Crippen molar-refractivity contribution in [3.63, 3.8) is 0 Å². The second-order valence-electron chi connectivity index (χ2n) is 3.97. The van der Waals surface area contributed by atoms with Crippen molar-refractivity contribution in [1.29, 1.82) is 0 Å². The minimum absolute atomic E-state index is 0.0287. The number of rotatable bonds is 2. The van der Waals surface area contributed by atoms with Gasteiger partial charge in [-0.05, 0) is 30.7 Å². The topological polar surface area (TPSA) is 75.3 Å². The van der Waals surface area contributed by atoms with Gasteiger partial charge in [-0.2, -0.15) is 5.10 Å². The Labute approximate surface area is 108 Å². The van der Waals surface area contributed by atoms with E-state index in [9.17, 15) is 9.90 Å². The number of aromatic nitrogens is 2. The molecule has 2 N–H and O–H groups in total. The van der Waals surface area contributed by atoms with E-state index in [0.717, 1.165) is 0 Å². The summed E-state index contributed by atoms with van der Waals surface area (Å²) < 4.78 is 1.46. The van der Waals surface area contributed by atoms with Gasteiger partial charge in [0.25, 0.3) is 0 Å². The molecule has 6 heteroatoms. The molecule has 0 fully saturated rings. The molecule has 0 aliphatic carbocycles. The molecule has 0 saturated carbocycles. The average Bonchev–Trinajstić information content (AvgIpc) is 2.68. The summed E-state index contributed by atoms with van der Waals surface area (Å²) in [6.07, 6.45) is 0. The zero-order valence-corrected chi connectivity index (χ0v) is 10.6. The number of carbonyl (C=O) groups is 1. The molecule has 0 aliphatic rings. The first-order valence-corrected chi connectivity index (χ1v) is 5.54. The van der Waals surface area contributed by atoms with Gasteiger partial charge in [-0.15, -0.1) is 0 Å². The van der Waals surface area contributed by atoms with Crippen molar-refractivity contribution in [2.75, 3.05) is 0 Å². The van der Waals surface area contributed by atoms with Crippen LogP contribution in [0.4, 0.5) is 0 Å². The zero-order chi connectivity index (χ0) is 13.4. The van der Waals surface area contributed by atoms with Crippen LogP contribution in [0, 0.1) is 6.92 Å².